The Hall–Kier alpha value is -1.63. The highest BCUT2D eigenvalue weighted by molar-refractivity contribution is 7.09. The molecule has 0 radical (unpaired) electrons. The molecule has 1 fully saturated rings. The van der Waals surface area contributed by atoms with Crippen LogP contribution in [-0.2, 0) is 11.2 Å². The lowest BCUT2D eigenvalue weighted by molar-refractivity contribution is -0.121. The maximum Gasteiger partial charge on any atom is 0.220 e. The van der Waals surface area contributed by atoms with E-state index in [1.807, 2.05) is 0 Å². The van der Waals surface area contributed by atoms with E-state index in [1.54, 1.807) is 18.4 Å². The van der Waals surface area contributed by atoms with Crippen LogP contribution in [0.2, 0.25) is 0 Å². The molecule has 0 unspecified atom stereocenters. The Morgan fingerprint density at radius 1 is 1.42 bits per heavy atom. The van der Waals surface area contributed by atoms with Gasteiger partial charge in [0.25, 0.3) is 0 Å². The third-order valence-corrected chi connectivity index (χ3v) is 5.89. The van der Waals surface area contributed by atoms with Crippen LogP contribution in [0.4, 0.5) is 0 Å². The molecule has 7 heteroatoms. The second-order valence-corrected chi connectivity index (χ2v) is 8.01. The van der Waals surface area contributed by atoms with Gasteiger partial charge in [0, 0.05) is 57.4 Å². The molecule has 1 aliphatic rings. The van der Waals surface area contributed by atoms with Crippen molar-refractivity contribution >= 4 is 23.2 Å². The first-order valence-electron chi connectivity index (χ1n) is 9.71. The van der Waals surface area contributed by atoms with Gasteiger partial charge in [-0.15, -0.1) is 11.3 Å². The quantitative estimate of drug-likeness (QED) is 0.564. The van der Waals surface area contributed by atoms with Crippen LogP contribution in [-0.4, -0.2) is 55.0 Å². The first-order chi connectivity index (χ1) is 12.5. The predicted molar refractivity (Wildman–Crippen MR) is 109 cm³/mol. The number of hydrogen-bond acceptors (Lipinski definition) is 4. The topological polar surface area (TPSA) is 69.6 Å². The molecule has 26 heavy (non-hydrogen) atoms. The number of aliphatic imine (C=N–C) groups is 1. The minimum absolute atomic E-state index is 0.146. The van der Waals surface area contributed by atoms with Crippen molar-refractivity contribution in [3.63, 3.8) is 0 Å². The number of thiazole rings is 1. The number of carbonyl (C=O) groups is 1. The molecule has 0 atom stereocenters. The van der Waals surface area contributed by atoms with Crippen molar-refractivity contribution in [2.45, 2.75) is 52.4 Å². The number of hydrogen-bond donors (Lipinski definition) is 2. The molecule has 146 valence electrons. The zero-order valence-electron chi connectivity index (χ0n) is 16.5. The van der Waals surface area contributed by atoms with Crippen molar-refractivity contribution < 1.29 is 4.79 Å². The monoisotopic (exact) mass is 379 g/mol. The second-order valence-electron chi connectivity index (χ2n) is 7.13. The van der Waals surface area contributed by atoms with Crippen molar-refractivity contribution in [1.82, 2.24) is 20.5 Å². The van der Waals surface area contributed by atoms with E-state index >= 15 is 0 Å². The number of guanidine groups is 1. The predicted octanol–water partition coefficient (Wildman–Crippen LogP) is 2.62. The van der Waals surface area contributed by atoms with Gasteiger partial charge in [-0.25, -0.2) is 4.98 Å². The molecule has 0 aromatic carbocycles. The van der Waals surface area contributed by atoms with E-state index < -0.39 is 0 Å². The summed E-state index contributed by atoms with van der Waals surface area (Å²) in [6.45, 7) is 10.00. The molecule has 1 aliphatic heterocycles. The van der Waals surface area contributed by atoms with E-state index in [0.717, 1.165) is 57.1 Å². The fraction of sp³-hybridized carbons (Fsp3) is 0.737. The lowest BCUT2D eigenvalue weighted by atomic mass is 9.93. The average molecular weight is 380 g/mol. The Bertz CT molecular complexity index is 591. The molecule has 0 aliphatic carbocycles. The SMILES string of the molecule is CCNC(=NCCc1csc(C(C)C)n1)N1CCC(CC(=O)NC)CC1. The third-order valence-electron chi connectivity index (χ3n) is 4.69. The smallest absolute Gasteiger partial charge is 0.220 e. The number of nitrogens with one attached hydrogen (secondary N) is 2. The molecule has 1 aromatic rings. The minimum Gasteiger partial charge on any atom is -0.359 e. The number of piperidine rings is 1. The van der Waals surface area contributed by atoms with Gasteiger partial charge in [0.1, 0.15) is 0 Å². The molecule has 2 N–H and O–H groups in total. The molecule has 0 saturated carbocycles. The summed E-state index contributed by atoms with van der Waals surface area (Å²) in [6, 6.07) is 0. The molecule has 0 bridgehead atoms. The standard InChI is InChI=1S/C19H33N5OS/c1-5-21-19(22-9-6-16-13-26-18(23-16)14(2)3)24-10-7-15(8-11-24)12-17(25)20-4/h13-15H,5-12H2,1-4H3,(H,20,25)(H,21,22). The molecule has 0 spiro atoms. The van der Waals surface area contributed by atoms with Crippen molar-refractivity contribution in [3.8, 4) is 0 Å². The second kappa shape index (κ2) is 10.5. The highest BCUT2D eigenvalue weighted by Gasteiger charge is 2.23. The van der Waals surface area contributed by atoms with Gasteiger partial charge in [-0.2, -0.15) is 0 Å². The molecule has 2 heterocycles. The normalized spacial score (nSPS) is 16.2. The van der Waals surface area contributed by atoms with Crippen LogP contribution >= 0.6 is 11.3 Å². The molecule has 2 rings (SSSR count). The summed E-state index contributed by atoms with van der Waals surface area (Å²) in [5.74, 6) is 2.11. The maximum atomic E-state index is 11.6. The number of nitrogens with zero attached hydrogens (tertiary/aromatic N) is 3. The lowest BCUT2D eigenvalue weighted by Crippen LogP contribution is -2.46. The molecule has 1 aromatic heterocycles. The Morgan fingerprint density at radius 2 is 2.15 bits per heavy atom. The van der Waals surface area contributed by atoms with E-state index in [4.69, 9.17) is 4.99 Å². The highest BCUT2D eigenvalue weighted by Crippen LogP contribution is 2.21. The Morgan fingerprint density at radius 3 is 2.73 bits per heavy atom. The van der Waals surface area contributed by atoms with Gasteiger partial charge in [-0.05, 0) is 25.7 Å². The van der Waals surface area contributed by atoms with Crippen LogP contribution in [0.25, 0.3) is 0 Å². The summed E-state index contributed by atoms with van der Waals surface area (Å²) >= 11 is 1.74. The summed E-state index contributed by atoms with van der Waals surface area (Å²) < 4.78 is 0. The molecule has 6 nitrogen and oxygen atoms in total. The first-order valence-corrected chi connectivity index (χ1v) is 10.6. The Labute approximate surface area is 161 Å². The van der Waals surface area contributed by atoms with Crippen LogP contribution in [0.1, 0.15) is 56.7 Å². The van der Waals surface area contributed by atoms with Gasteiger partial charge in [0.05, 0.1) is 10.7 Å². The Balaban J connectivity index is 1.85. The minimum atomic E-state index is 0.146. The van der Waals surface area contributed by atoms with E-state index in [9.17, 15) is 4.79 Å². The summed E-state index contributed by atoms with van der Waals surface area (Å²) in [7, 11) is 1.71. The first kappa shape index (κ1) is 20.7. The van der Waals surface area contributed by atoms with E-state index in [-0.39, 0.29) is 5.91 Å². The number of rotatable bonds is 7. The largest absolute Gasteiger partial charge is 0.359 e. The number of amides is 1. The zero-order valence-corrected chi connectivity index (χ0v) is 17.4. The van der Waals surface area contributed by atoms with E-state index in [0.29, 0.717) is 18.3 Å². The van der Waals surface area contributed by atoms with Gasteiger partial charge in [-0.1, -0.05) is 13.8 Å². The van der Waals surface area contributed by atoms with Crippen molar-refractivity contribution in [3.05, 3.63) is 16.1 Å². The van der Waals surface area contributed by atoms with Gasteiger partial charge in [0.15, 0.2) is 5.96 Å². The fourth-order valence-electron chi connectivity index (χ4n) is 3.12. The van der Waals surface area contributed by atoms with Gasteiger partial charge >= 0.3 is 0 Å². The van der Waals surface area contributed by atoms with Crippen molar-refractivity contribution in [2.75, 3.05) is 33.2 Å². The summed E-state index contributed by atoms with van der Waals surface area (Å²) in [5, 5.41) is 9.49. The van der Waals surface area contributed by atoms with Gasteiger partial charge < -0.3 is 15.5 Å². The summed E-state index contributed by atoms with van der Waals surface area (Å²) in [6.07, 6.45) is 3.61. The number of carbonyl (C=O) groups excluding carboxylic acids is 1. The van der Waals surface area contributed by atoms with Crippen LogP contribution in [0, 0.1) is 5.92 Å². The molecular weight excluding hydrogens is 346 g/mol. The van der Waals surface area contributed by atoms with E-state index in [2.05, 4.69) is 46.7 Å². The molecule has 1 amide bonds. The summed E-state index contributed by atoms with van der Waals surface area (Å²) in [4.78, 5) is 23.4. The molecular formula is C19H33N5OS. The zero-order chi connectivity index (χ0) is 18.9. The Kier molecular flexibility index (Phi) is 8.35. The fourth-order valence-corrected chi connectivity index (χ4v) is 3.99. The van der Waals surface area contributed by atoms with Crippen molar-refractivity contribution in [1.29, 1.82) is 0 Å². The van der Waals surface area contributed by atoms with Crippen LogP contribution in [0.3, 0.4) is 0 Å². The average Bonchev–Trinajstić information content (AvgIpc) is 3.11. The van der Waals surface area contributed by atoms with Crippen molar-refractivity contribution in [2.24, 2.45) is 10.9 Å². The van der Waals surface area contributed by atoms with Crippen LogP contribution in [0.15, 0.2) is 10.4 Å². The summed E-state index contributed by atoms with van der Waals surface area (Å²) in [5.41, 5.74) is 1.14. The third kappa shape index (κ3) is 6.27. The van der Waals surface area contributed by atoms with Crippen LogP contribution < -0.4 is 10.6 Å². The molecule has 1 saturated heterocycles. The van der Waals surface area contributed by atoms with Gasteiger partial charge in [-0.3, -0.25) is 9.79 Å². The lowest BCUT2D eigenvalue weighted by Gasteiger charge is -2.34. The number of aromatic nitrogens is 1. The maximum absolute atomic E-state index is 11.6. The van der Waals surface area contributed by atoms with Crippen LogP contribution in [0.5, 0.6) is 0 Å². The van der Waals surface area contributed by atoms with Gasteiger partial charge in [0.2, 0.25) is 5.91 Å². The van der Waals surface area contributed by atoms with E-state index in [1.165, 1.54) is 5.01 Å². The highest BCUT2D eigenvalue weighted by atomic mass is 32.1. The number of likely N-dealkylation sites (tertiary alicyclic amines) is 1.